The van der Waals surface area contributed by atoms with Gasteiger partial charge in [0.2, 0.25) is 0 Å². The van der Waals surface area contributed by atoms with Crippen LogP contribution in [0.4, 0.5) is 4.39 Å². The number of nitrogens with one attached hydrogen (secondary N) is 1. The molecule has 0 aliphatic rings. The highest BCUT2D eigenvalue weighted by atomic mass is 19.1. The smallest absolute Gasteiger partial charge is 0.126 e. The van der Waals surface area contributed by atoms with E-state index in [0.717, 1.165) is 24.9 Å². The molecule has 0 bridgehead atoms. The van der Waals surface area contributed by atoms with Gasteiger partial charge in [-0.05, 0) is 43.5 Å². The predicted molar refractivity (Wildman–Crippen MR) is 63.8 cm³/mol. The van der Waals surface area contributed by atoms with E-state index in [1.807, 2.05) is 13.0 Å². The molecule has 0 aliphatic heterocycles. The molecule has 0 amide bonds. The second kappa shape index (κ2) is 6.61. The highest BCUT2D eigenvalue weighted by Gasteiger charge is 2.01. The van der Waals surface area contributed by atoms with Gasteiger partial charge in [0, 0.05) is 6.54 Å². The number of hydrogen-bond donors (Lipinski definition) is 2. The van der Waals surface area contributed by atoms with Crippen LogP contribution < -0.4 is 5.32 Å². The van der Waals surface area contributed by atoms with E-state index in [0.29, 0.717) is 12.1 Å². The highest BCUT2D eigenvalue weighted by molar-refractivity contribution is 5.23. The third kappa shape index (κ3) is 4.29. The Morgan fingerprint density at radius 3 is 2.81 bits per heavy atom. The second-order valence-electron chi connectivity index (χ2n) is 4.11. The van der Waals surface area contributed by atoms with Gasteiger partial charge in [-0.3, -0.25) is 0 Å². The maximum absolute atomic E-state index is 13.2. The molecule has 1 atom stereocenters. The maximum atomic E-state index is 13.2. The molecule has 16 heavy (non-hydrogen) atoms. The lowest BCUT2D eigenvalue weighted by Crippen LogP contribution is -2.19. The molecular weight excluding hydrogens is 205 g/mol. The van der Waals surface area contributed by atoms with Crippen molar-refractivity contribution in [1.82, 2.24) is 5.32 Å². The quantitative estimate of drug-likeness (QED) is 0.729. The highest BCUT2D eigenvalue weighted by Crippen LogP contribution is 2.08. The van der Waals surface area contributed by atoms with Crippen LogP contribution in [0, 0.1) is 12.7 Å². The Balaban J connectivity index is 2.29. The molecule has 0 radical (unpaired) electrons. The van der Waals surface area contributed by atoms with Gasteiger partial charge >= 0.3 is 0 Å². The van der Waals surface area contributed by atoms with Crippen molar-refractivity contribution < 1.29 is 9.50 Å². The number of hydrogen-bond acceptors (Lipinski definition) is 2. The van der Waals surface area contributed by atoms with Crippen molar-refractivity contribution >= 4 is 0 Å². The fourth-order valence-corrected chi connectivity index (χ4v) is 1.45. The molecule has 0 heterocycles. The van der Waals surface area contributed by atoms with E-state index in [9.17, 15) is 9.50 Å². The summed E-state index contributed by atoms with van der Waals surface area (Å²) >= 11 is 0. The second-order valence-corrected chi connectivity index (χ2v) is 4.11. The van der Waals surface area contributed by atoms with Gasteiger partial charge in [-0.25, -0.2) is 4.39 Å². The minimum absolute atomic E-state index is 0.159. The van der Waals surface area contributed by atoms with E-state index in [2.05, 4.69) is 5.32 Å². The third-order valence-electron chi connectivity index (χ3n) is 2.69. The van der Waals surface area contributed by atoms with E-state index in [1.54, 1.807) is 19.1 Å². The largest absolute Gasteiger partial charge is 0.393 e. The van der Waals surface area contributed by atoms with Crippen LogP contribution >= 0.6 is 0 Å². The number of halogens is 1. The molecule has 0 aromatic heterocycles. The summed E-state index contributed by atoms with van der Waals surface area (Å²) in [6, 6.07) is 5.26. The average molecular weight is 225 g/mol. The van der Waals surface area contributed by atoms with Crippen LogP contribution in [0.3, 0.4) is 0 Å². The zero-order valence-electron chi connectivity index (χ0n) is 9.96. The summed E-state index contributed by atoms with van der Waals surface area (Å²) in [5.41, 5.74) is 1.61. The monoisotopic (exact) mass is 225 g/mol. The Labute approximate surface area is 96.5 Å². The number of benzene rings is 1. The van der Waals surface area contributed by atoms with Crippen LogP contribution in [0.25, 0.3) is 0 Å². The van der Waals surface area contributed by atoms with Crippen molar-refractivity contribution in [2.45, 2.75) is 39.3 Å². The Kier molecular flexibility index (Phi) is 5.43. The van der Waals surface area contributed by atoms with Crippen molar-refractivity contribution in [2.75, 3.05) is 6.54 Å². The summed E-state index contributed by atoms with van der Waals surface area (Å²) in [6.45, 7) is 5.11. The predicted octanol–water partition coefficient (Wildman–Crippen LogP) is 2.38. The van der Waals surface area contributed by atoms with E-state index in [1.165, 1.54) is 0 Å². The van der Waals surface area contributed by atoms with Gasteiger partial charge in [0.15, 0.2) is 0 Å². The minimum Gasteiger partial charge on any atom is -0.393 e. The Bertz CT molecular complexity index is 328. The molecule has 1 aromatic carbocycles. The molecular formula is C13H20FNO. The number of rotatable bonds is 6. The first-order valence-electron chi connectivity index (χ1n) is 5.77. The molecule has 1 aromatic rings. The standard InChI is InChI=1S/C13H20FNO/c1-3-12(16)6-7-15-9-11-5-4-10(2)13(14)8-11/h4-5,8,12,15-16H,3,6-7,9H2,1-2H3. The van der Waals surface area contributed by atoms with Gasteiger partial charge in [0.1, 0.15) is 5.82 Å². The zero-order chi connectivity index (χ0) is 12.0. The van der Waals surface area contributed by atoms with Crippen LogP contribution in [0.5, 0.6) is 0 Å². The van der Waals surface area contributed by atoms with Gasteiger partial charge in [-0.1, -0.05) is 19.1 Å². The normalized spacial score (nSPS) is 12.8. The first-order valence-corrected chi connectivity index (χ1v) is 5.77. The van der Waals surface area contributed by atoms with Gasteiger partial charge in [0.25, 0.3) is 0 Å². The summed E-state index contributed by atoms with van der Waals surface area (Å²) in [7, 11) is 0. The Morgan fingerprint density at radius 1 is 1.44 bits per heavy atom. The summed E-state index contributed by atoms with van der Waals surface area (Å²) in [5, 5.41) is 12.5. The number of aryl methyl sites for hydroxylation is 1. The fourth-order valence-electron chi connectivity index (χ4n) is 1.45. The minimum atomic E-state index is -0.234. The zero-order valence-corrected chi connectivity index (χ0v) is 9.96. The van der Waals surface area contributed by atoms with Gasteiger partial charge in [-0.15, -0.1) is 0 Å². The van der Waals surface area contributed by atoms with Crippen LogP contribution in [-0.2, 0) is 6.54 Å². The van der Waals surface area contributed by atoms with Gasteiger partial charge < -0.3 is 10.4 Å². The molecule has 90 valence electrons. The maximum Gasteiger partial charge on any atom is 0.126 e. The molecule has 0 fully saturated rings. The average Bonchev–Trinajstić information content (AvgIpc) is 2.28. The number of aliphatic hydroxyl groups is 1. The fraction of sp³-hybridized carbons (Fsp3) is 0.538. The number of aliphatic hydroxyl groups excluding tert-OH is 1. The summed E-state index contributed by atoms with van der Waals surface area (Å²) in [6.07, 6.45) is 1.29. The molecule has 0 saturated heterocycles. The lowest BCUT2D eigenvalue weighted by molar-refractivity contribution is 0.159. The summed E-state index contributed by atoms with van der Waals surface area (Å²) in [4.78, 5) is 0. The lowest BCUT2D eigenvalue weighted by atomic mass is 10.1. The van der Waals surface area contributed by atoms with Crippen molar-refractivity contribution in [2.24, 2.45) is 0 Å². The SMILES string of the molecule is CCC(O)CCNCc1ccc(C)c(F)c1. The van der Waals surface area contributed by atoms with Gasteiger partial charge in [0.05, 0.1) is 6.10 Å². The van der Waals surface area contributed by atoms with E-state index in [-0.39, 0.29) is 11.9 Å². The summed E-state index contributed by atoms with van der Waals surface area (Å²) < 4.78 is 13.2. The van der Waals surface area contributed by atoms with E-state index >= 15 is 0 Å². The van der Waals surface area contributed by atoms with Crippen molar-refractivity contribution in [3.05, 3.63) is 35.1 Å². The summed E-state index contributed by atoms with van der Waals surface area (Å²) in [5.74, 6) is -0.159. The van der Waals surface area contributed by atoms with Crippen LogP contribution in [0.1, 0.15) is 30.9 Å². The Hall–Kier alpha value is -0.930. The van der Waals surface area contributed by atoms with E-state index < -0.39 is 0 Å². The molecule has 1 unspecified atom stereocenters. The Morgan fingerprint density at radius 2 is 2.19 bits per heavy atom. The van der Waals surface area contributed by atoms with Crippen LogP contribution in [0.15, 0.2) is 18.2 Å². The molecule has 0 saturated carbocycles. The van der Waals surface area contributed by atoms with Gasteiger partial charge in [-0.2, -0.15) is 0 Å². The first-order chi connectivity index (χ1) is 7.63. The molecule has 2 nitrogen and oxygen atoms in total. The van der Waals surface area contributed by atoms with Crippen molar-refractivity contribution in [3.63, 3.8) is 0 Å². The first kappa shape index (κ1) is 13.1. The van der Waals surface area contributed by atoms with Crippen molar-refractivity contribution in [3.8, 4) is 0 Å². The lowest BCUT2D eigenvalue weighted by Gasteiger charge is -2.09. The van der Waals surface area contributed by atoms with Crippen LogP contribution in [-0.4, -0.2) is 17.8 Å². The molecule has 0 aliphatic carbocycles. The molecule has 2 N–H and O–H groups in total. The van der Waals surface area contributed by atoms with Crippen molar-refractivity contribution in [1.29, 1.82) is 0 Å². The molecule has 1 rings (SSSR count). The topological polar surface area (TPSA) is 32.3 Å². The van der Waals surface area contributed by atoms with Crippen LogP contribution in [0.2, 0.25) is 0 Å². The molecule has 3 heteroatoms. The molecule has 0 spiro atoms. The third-order valence-corrected chi connectivity index (χ3v) is 2.69. The van der Waals surface area contributed by atoms with E-state index in [4.69, 9.17) is 0 Å².